The van der Waals surface area contributed by atoms with Gasteiger partial charge in [0.05, 0.1) is 28.6 Å². The van der Waals surface area contributed by atoms with Crippen molar-refractivity contribution in [2.45, 2.75) is 44.4 Å². The van der Waals surface area contributed by atoms with Crippen LogP contribution in [0.1, 0.15) is 18.6 Å². The third kappa shape index (κ3) is 16.7. The van der Waals surface area contributed by atoms with Gasteiger partial charge in [0.25, 0.3) is 0 Å². The maximum atomic E-state index is 12.2. The first-order valence-electron chi connectivity index (χ1n) is 17.1. The summed E-state index contributed by atoms with van der Waals surface area (Å²) in [7, 11) is 0. The molecule has 1 fully saturated rings. The number of alkyl carbamates (subject to hydrolysis) is 1. The molecule has 0 radical (unpaired) electrons. The van der Waals surface area contributed by atoms with Crippen molar-refractivity contribution in [2.75, 3.05) is 13.2 Å². The lowest BCUT2D eigenvalue weighted by atomic mass is 10.1. The Hall–Kier alpha value is -0.850. The van der Waals surface area contributed by atoms with Gasteiger partial charge in [-0.2, -0.15) is 0 Å². The fraction of sp³-hybridized carbons (Fsp3) is 0.237. The SMILES string of the molecule is C.NC(COC(=O)C(N)Cc1cc(I)c(Oc2cc(I)c(O)c(I)c2)c(I)c1)C(=O)O.NC(Cc1cc(I)c(Oc2cc(I)c(O)c(I)c2)c(I)c1)C(=O)OCC1NC(=O)OC1=O. The molecular formula is C38H34I8N4O13. The predicted octanol–water partition coefficient (Wildman–Crippen LogP) is 7.71. The number of nitrogens with two attached hydrogens (primary N) is 3. The minimum Gasteiger partial charge on any atom is -0.506 e. The van der Waals surface area contributed by atoms with Gasteiger partial charge in [0.2, 0.25) is 0 Å². The number of cyclic esters (lactones) is 2. The normalized spacial score (nSPS) is 14.4. The Kier molecular flexibility index (Phi) is 23.4. The van der Waals surface area contributed by atoms with Gasteiger partial charge in [-0.15, -0.1) is 0 Å². The molecule has 17 nitrogen and oxygen atoms in total. The van der Waals surface area contributed by atoms with Crippen LogP contribution in [0, 0.1) is 28.6 Å². The molecule has 0 bridgehead atoms. The second-order valence-corrected chi connectivity index (χ2v) is 22.0. The summed E-state index contributed by atoms with van der Waals surface area (Å²) in [6.45, 7) is -0.781. The largest absolute Gasteiger partial charge is 0.506 e. The van der Waals surface area contributed by atoms with Crippen LogP contribution in [0.3, 0.4) is 0 Å². The lowest BCUT2D eigenvalue weighted by Crippen LogP contribution is -2.40. The summed E-state index contributed by atoms with van der Waals surface area (Å²) in [5.74, 6) is -0.538. The lowest BCUT2D eigenvalue weighted by Gasteiger charge is -2.16. The summed E-state index contributed by atoms with van der Waals surface area (Å²) in [6, 6.07) is 10.2. The second kappa shape index (κ2) is 26.1. The van der Waals surface area contributed by atoms with Crippen LogP contribution in [0.25, 0.3) is 0 Å². The quantitative estimate of drug-likeness (QED) is 0.0260. The topological polar surface area (TPSA) is 282 Å². The van der Waals surface area contributed by atoms with Crippen LogP contribution in [0.4, 0.5) is 4.79 Å². The van der Waals surface area contributed by atoms with E-state index >= 15 is 0 Å². The van der Waals surface area contributed by atoms with E-state index in [9.17, 15) is 34.2 Å². The molecule has 63 heavy (non-hydrogen) atoms. The molecule has 0 spiro atoms. The number of rotatable bonds is 15. The van der Waals surface area contributed by atoms with E-state index in [1.807, 2.05) is 115 Å². The number of carboxylic acids is 1. The van der Waals surface area contributed by atoms with Gasteiger partial charge in [-0.25, -0.2) is 9.59 Å². The zero-order valence-corrected chi connectivity index (χ0v) is 48.2. The summed E-state index contributed by atoms with van der Waals surface area (Å²) < 4.78 is 32.3. The van der Waals surface area contributed by atoms with E-state index in [4.69, 9.17) is 41.3 Å². The molecule has 4 atom stereocenters. The molecule has 1 saturated heterocycles. The van der Waals surface area contributed by atoms with E-state index in [-0.39, 0.29) is 38.4 Å². The number of nitrogens with one attached hydrogen (secondary N) is 1. The van der Waals surface area contributed by atoms with Gasteiger partial charge in [-0.1, -0.05) is 7.43 Å². The zero-order valence-electron chi connectivity index (χ0n) is 30.9. The first-order chi connectivity index (χ1) is 29.0. The monoisotopic (exact) mass is 1770 g/mol. The molecule has 4 aromatic carbocycles. The van der Waals surface area contributed by atoms with Crippen molar-refractivity contribution < 1.29 is 63.0 Å². The highest BCUT2D eigenvalue weighted by atomic mass is 127. The highest BCUT2D eigenvalue weighted by Crippen LogP contribution is 2.38. The molecule has 1 heterocycles. The number of aromatic hydroxyl groups is 2. The first-order valence-corrected chi connectivity index (χ1v) is 25.7. The van der Waals surface area contributed by atoms with Crippen molar-refractivity contribution in [3.05, 3.63) is 88.2 Å². The number of benzene rings is 4. The Morgan fingerprint density at radius 1 is 0.619 bits per heavy atom. The van der Waals surface area contributed by atoms with Crippen LogP contribution < -0.4 is 32.0 Å². The van der Waals surface area contributed by atoms with Crippen molar-refractivity contribution in [3.8, 4) is 34.5 Å². The zero-order chi connectivity index (χ0) is 46.2. The van der Waals surface area contributed by atoms with Crippen molar-refractivity contribution >= 4 is 211 Å². The number of carbonyl (C=O) groups excluding carboxylic acids is 4. The van der Waals surface area contributed by atoms with Gasteiger partial charge >= 0.3 is 30.0 Å². The van der Waals surface area contributed by atoms with Crippen LogP contribution in [0.15, 0.2) is 48.5 Å². The third-order valence-corrected chi connectivity index (χ3v) is 14.4. The Balaban J connectivity index is 0.000000331. The third-order valence-electron chi connectivity index (χ3n) is 7.94. The van der Waals surface area contributed by atoms with Gasteiger partial charge in [0.1, 0.15) is 54.3 Å². The lowest BCUT2D eigenvalue weighted by molar-refractivity contribution is -0.150. The Morgan fingerprint density at radius 2 is 0.984 bits per heavy atom. The average molecular weight is 1770 g/mol. The number of carbonyl (C=O) groups is 5. The number of amides is 1. The molecule has 5 rings (SSSR count). The maximum Gasteiger partial charge on any atom is 0.415 e. The van der Waals surface area contributed by atoms with Crippen LogP contribution in [0.5, 0.6) is 34.5 Å². The van der Waals surface area contributed by atoms with Gasteiger partial charge in [-0.05, 0) is 253 Å². The highest BCUT2D eigenvalue weighted by Gasteiger charge is 2.34. The average Bonchev–Trinajstić information content (AvgIpc) is 3.52. The number of halogens is 8. The summed E-state index contributed by atoms with van der Waals surface area (Å²) in [5, 5.41) is 30.8. The number of phenols is 2. The molecule has 1 amide bonds. The maximum absolute atomic E-state index is 12.2. The number of carboxylic acid groups (broad SMARTS) is 1. The number of aliphatic carboxylic acids is 1. The minimum absolute atomic E-state index is 0. The highest BCUT2D eigenvalue weighted by molar-refractivity contribution is 14.1. The van der Waals surface area contributed by atoms with E-state index < -0.39 is 60.7 Å². The number of esters is 3. The molecule has 1 aliphatic heterocycles. The Morgan fingerprint density at radius 3 is 1.32 bits per heavy atom. The van der Waals surface area contributed by atoms with E-state index in [0.717, 1.165) is 25.4 Å². The van der Waals surface area contributed by atoms with Crippen molar-refractivity contribution in [2.24, 2.45) is 17.2 Å². The summed E-state index contributed by atoms with van der Waals surface area (Å²) in [6.07, 6.45) is -0.451. The minimum atomic E-state index is -1.29. The van der Waals surface area contributed by atoms with E-state index in [1.165, 1.54) is 0 Å². The van der Waals surface area contributed by atoms with Gasteiger partial charge < -0.3 is 61.5 Å². The summed E-state index contributed by atoms with van der Waals surface area (Å²) >= 11 is 16.7. The molecule has 4 unspecified atom stereocenters. The van der Waals surface area contributed by atoms with E-state index in [2.05, 4.69) is 100 Å². The van der Waals surface area contributed by atoms with Crippen molar-refractivity contribution in [1.82, 2.24) is 5.32 Å². The molecule has 10 N–H and O–H groups in total. The van der Waals surface area contributed by atoms with Crippen LogP contribution in [-0.2, 0) is 46.2 Å². The fourth-order valence-electron chi connectivity index (χ4n) is 4.89. The summed E-state index contributed by atoms with van der Waals surface area (Å²) in [4.78, 5) is 57.3. The molecule has 0 aliphatic carbocycles. The van der Waals surface area contributed by atoms with Gasteiger partial charge in [0.15, 0.2) is 17.5 Å². The number of ether oxygens (including phenoxy) is 5. The van der Waals surface area contributed by atoms with Crippen molar-refractivity contribution in [1.29, 1.82) is 0 Å². The molecule has 340 valence electrons. The molecule has 0 saturated carbocycles. The Labute approximate surface area is 469 Å². The standard InChI is InChI=1S/C19H14I4N2O7.C18H16I4N2O6.CH4/c20-9-4-8(5-10(21)15(9)26)31-16-11(22)1-7(2-12(16)23)3-13(24)17(27)30-6-14-18(28)32-19(29)25-14;19-9-4-8(5-10(20)15(9)25)30-16-11(21)1-7(2-12(16)22)3-13(23)18(28)29-6-14(24)17(26)27;/h1-2,4-5,13-14,26H,3,6,24H2,(H,25,29);1-2,4-5,13-14,25H,3,6,23-24H2,(H,26,27);1H4. The smallest absolute Gasteiger partial charge is 0.415 e. The summed E-state index contributed by atoms with van der Waals surface area (Å²) in [5.41, 5.74) is 18.8. The van der Waals surface area contributed by atoms with E-state index in [1.54, 1.807) is 24.3 Å². The van der Waals surface area contributed by atoms with E-state index in [0.29, 0.717) is 37.3 Å². The first kappa shape index (κ1) is 56.5. The van der Waals surface area contributed by atoms with Crippen molar-refractivity contribution in [3.63, 3.8) is 0 Å². The number of hydrogen-bond acceptors (Lipinski definition) is 15. The molecular weight excluding hydrogens is 1740 g/mol. The predicted molar refractivity (Wildman–Crippen MR) is 297 cm³/mol. The second-order valence-electron chi connectivity index (χ2n) is 12.7. The van der Waals surface area contributed by atoms with Crippen LogP contribution in [0.2, 0.25) is 0 Å². The molecule has 0 aromatic heterocycles. The van der Waals surface area contributed by atoms with Gasteiger partial charge in [0, 0.05) is 0 Å². The van der Waals surface area contributed by atoms with Gasteiger partial charge in [-0.3, -0.25) is 14.4 Å². The number of hydrogen-bond donors (Lipinski definition) is 7. The van der Waals surface area contributed by atoms with Crippen LogP contribution >= 0.6 is 181 Å². The fourth-order valence-corrected chi connectivity index (χ4v) is 12.6. The molecule has 25 heteroatoms. The molecule has 1 aliphatic rings. The number of phenolic OH excluding ortho intramolecular Hbond substituents is 2. The Bertz CT molecular complexity index is 2300. The van der Waals surface area contributed by atoms with Crippen LogP contribution in [-0.4, -0.2) is 82.7 Å². The molecule has 4 aromatic rings.